The van der Waals surface area contributed by atoms with E-state index in [9.17, 15) is 10.2 Å². The fourth-order valence-electron chi connectivity index (χ4n) is 7.56. The molecule has 2 heteroatoms. The second-order valence-corrected chi connectivity index (χ2v) is 10.6. The van der Waals surface area contributed by atoms with E-state index in [2.05, 4.69) is 31.8 Å². The van der Waals surface area contributed by atoms with Crippen LogP contribution in [-0.4, -0.2) is 21.9 Å². The number of allylic oxidation sites excluding steroid dienone is 1. The van der Waals surface area contributed by atoms with E-state index in [4.69, 9.17) is 0 Å². The highest BCUT2D eigenvalue weighted by Gasteiger charge is 2.63. The summed E-state index contributed by atoms with van der Waals surface area (Å²) < 4.78 is 0. The van der Waals surface area contributed by atoms with Gasteiger partial charge in [0.15, 0.2) is 0 Å². The van der Waals surface area contributed by atoms with Gasteiger partial charge in [-0.3, -0.25) is 0 Å². The van der Waals surface area contributed by atoms with E-state index in [1.54, 1.807) is 0 Å². The average Bonchev–Trinajstić information content (AvgIpc) is 2.99. The summed E-state index contributed by atoms with van der Waals surface area (Å²) in [6.45, 7) is 4.77. The Labute approximate surface area is 175 Å². The molecule has 7 atom stereocenters. The van der Waals surface area contributed by atoms with E-state index in [1.165, 1.54) is 12.0 Å². The zero-order valence-corrected chi connectivity index (χ0v) is 17.8. The molecule has 1 aromatic rings. The molecule has 6 unspecified atom stereocenters. The highest BCUT2D eigenvalue weighted by atomic mass is 16.3. The molecule has 0 spiro atoms. The van der Waals surface area contributed by atoms with Gasteiger partial charge in [-0.15, -0.1) is 0 Å². The van der Waals surface area contributed by atoms with Crippen molar-refractivity contribution < 1.29 is 10.2 Å². The molecule has 29 heavy (non-hydrogen) atoms. The highest BCUT2D eigenvalue weighted by Crippen LogP contribution is 2.67. The van der Waals surface area contributed by atoms with Crippen molar-refractivity contribution in [3.8, 4) is 11.8 Å². The van der Waals surface area contributed by atoms with Crippen LogP contribution in [0.5, 0.6) is 0 Å². The summed E-state index contributed by atoms with van der Waals surface area (Å²) in [6, 6.07) is 10.1. The quantitative estimate of drug-likeness (QED) is 0.478. The Bertz CT molecular complexity index is 877. The molecule has 4 aliphatic rings. The van der Waals surface area contributed by atoms with E-state index < -0.39 is 5.60 Å². The van der Waals surface area contributed by atoms with Gasteiger partial charge in [0.25, 0.3) is 0 Å². The minimum absolute atomic E-state index is 0.119. The van der Waals surface area contributed by atoms with Gasteiger partial charge in [-0.25, -0.2) is 0 Å². The minimum atomic E-state index is -0.883. The van der Waals surface area contributed by atoms with Gasteiger partial charge in [-0.1, -0.05) is 55.5 Å². The van der Waals surface area contributed by atoms with Crippen molar-refractivity contribution in [2.45, 2.75) is 76.9 Å². The zero-order chi connectivity index (χ0) is 20.3. The zero-order valence-electron chi connectivity index (χ0n) is 17.8. The molecule has 5 rings (SSSR count). The van der Waals surface area contributed by atoms with Gasteiger partial charge < -0.3 is 10.2 Å². The molecule has 3 fully saturated rings. The maximum atomic E-state index is 11.7. The number of benzene rings is 1. The third-order valence-corrected chi connectivity index (χ3v) is 9.42. The van der Waals surface area contributed by atoms with Crippen LogP contribution in [0.15, 0.2) is 42.0 Å². The maximum absolute atomic E-state index is 11.7. The lowest BCUT2D eigenvalue weighted by Crippen LogP contribution is -2.54. The number of aliphatic hydroxyl groups excluding tert-OH is 1. The van der Waals surface area contributed by atoms with E-state index in [0.29, 0.717) is 17.8 Å². The molecule has 154 valence electrons. The first-order chi connectivity index (χ1) is 13.9. The van der Waals surface area contributed by atoms with Crippen LogP contribution in [0, 0.1) is 40.4 Å². The number of aliphatic hydroxyl groups is 2. The molecule has 0 bridgehead atoms. The van der Waals surface area contributed by atoms with Gasteiger partial charge in [0.1, 0.15) is 5.60 Å². The van der Waals surface area contributed by atoms with E-state index >= 15 is 0 Å². The summed E-state index contributed by atoms with van der Waals surface area (Å²) in [5, 5.41) is 21.9. The Hall–Kier alpha value is -1.56. The predicted octanol–water partition coefficient (Wildman–Crippen LogP) is 5.09. The molecule has 2 N–H and O–H groups in total. The van der Waals surface area contributed by atoms with Gasteiger partial charge in [-0.05, 0) is 86.7 Å². The maximum Gasteiger partial charge on any atom is 0.131 e. The van der Waals surface area contributed by atoms with Crippen molar-refractivity contribution in [3.63, 3.8) is 0 Å². The SMILES string of the molecule is CC12CCC(O)CC1=CCC1C2CCC2(C)C1CC[C@@]2(O)C#Cc1ccccc1. The van der Waals surface area contributed by atoms with Gasteiger partial charge in [0.05, 0.1) is 6.10 Å². The standard InChI is InChI=1S/C27H34O2/c1-25-14-11-21(28)18-20(25)8-9-22-23(25)12-15-26(2)24(22)13-17-27(26,29)16-10-19-6-4-3-5-7-19/h3-8,21-24,28-29H,9,11-15,17-18H2,1-2H3/t21?,22?,23?,24?,25?,26?,27-/m0/s1. The minimum Gasteiger partial charge on any atom is -0.393 e. The monoisotopic (exact) mass is 390 g/mol. The summed E-state index contributed by atoms with van der Waals surface area (Å²) >= 11 is 0. The third-order valence-electron chi connectivity index (χ3n) is 9.42. The third kappa shape index (κ3) is 2.85. The van der Waals surface area contributed by atoms with Crippen molar-refractivity contribution in [2.24, 2.45) is 28.6 Å². The largest absolute Gasteiger partial charge is 0.393 e. The first-order valence-corrected chi connectivity index (χ1v) is 11.5. The molecular formula is C27H34O2. The summed E-state index contributed by atoms with van der Waals surface area (Å²) in [4.78, 5) is 0. The van der Waals surface area contributed by atoms with Crippen LogP contribution in [0.3, 0.4) is 0 Å². The van der Waals surface area contributed by atoms with Crippen molar-refractivity contribution in [3.05, 3.63) is 47.5 Å². The number of hydrogen-bond donors (Lipinski definition) is 2. The van der Waals surface area contributed by atoms with Crippen LogP contribution < -0.4 is 0 Å². The molecule has 2 nitrogen and oxygen atoms in total. The first-order valence-electron chi connectivity index (χ1n) is 11.5. The predicted molar refractivity (Wildman–Crippen MR) is 116 cm³/mol. The second kappa shape index (κ2) is 6.73. The molecule has 3 saturated carbocycles. The molecule has 0 amide bonds. The van der Waals surface area contributed by atoms with Gasteiger partial charge >= 0.3 is 0 Å². The van der Waals surface area contributed by atoms with E-state index in [1.807, 2.05) is 30.3 Å². The Kier molecular flexibility index (Phi) is 4.50. The Morgan fingerprint density at radius 1 is 0.966 bits per heavy atom. The molecule has 0 heterocycles. The first kappa shape index (κ1) is 19.4. The van der Waals surface area contributed by atoms with Crippen molar-refractivity contribution in [1.29, 1.82) is 0 Å². The van der Waals surface area contributed by atoms with Crippen LogP contribution >= 0.6 is 0 Å². The lowest BCUT2D eigenvalue weighted by molar-refractivity contribution is -0.0970. The smallest absolute Gasteiger partial charge is 0.131 e. The Balaban J connectivity index is 1.45. The fraction of sp³-hybridized carbons (Fsp3) is 0.630. The van der Waals surface area contributed by atoms with Crippen molar-refractivity contribution >= 4 is 0 Å². The number of hydrogen-bond acceptors (Lipinski definition) is 2. The Morgan fingerprint density at radius 3 is 2.52 bits per heavy atom. The Morgan fingerprint density at radius 2 is 1.72 bits per heavy atom. The second-order valence-electron chi connectivity index (χ2n) is 10.6. The van der Waals surface area contributed by atoms with Crippen LogP contribution in [-0.2, 0) is 0 Å². The summed E-state index contributed by atoms with van der Waals surface area (Å²) in [5.41, 5.74) is 1.75. The molecule has 4 aliphatic carbocycles. The number of rotatable bonds is 0. The van der Waals surface area contributed by atoms with Crippen LogP contribution in [0.4, 0.5) is 0 Å². The van der Waals surface area contributed by atoms with Gasteiger partial charge in [-0.2, -0.15) is 0 Å². The fourth-order valence-corrected chi connectivity index (χ4v) is 7.56. The molecular weight excluding hydrogens is 356 g/mol. The summed E-state index contributed by atoms with van der Waals surface area (Å²) in [6.07, 6.45) is 10.5. The molecule has 0 aromatic heterocycles. The lowest BCUT2D eigenvalue weighted by Gasteiger charge is -2.58. The molecule has 0 saturated heterocycles. The highest BCUT2D eigenvalue weighted by molar-refractivity contribution is 5.38. The topological polar surface area (TPSA) is 40.5 Å². The summed E-state index contributed by atoms with van der Waals surface area (Å²) in [5.74, 6) is 8.49. The molecule has 0 radical (unpaired) electrons. The van der Waals surface area contributed by atoms with Gasteiger partial charge in [0.2, 0.25) is 0 Å². The number of fused-ring (bicyclic) bond motifs is 5. The van der Waals surface area contributed by atoms with Crippen LogP contribution in [0.1, 0.15) is 70.8 Å². The molecule has 0 aliphatic heterocycles. The van der Waals surface area contributed by atoms with Crippen molar-refractivity contribution in [2.75, 3.05) is 0 Å². The van der Waals surface area contributed by atoms with E-state index in [0.717, 1.165) is 50.5 Å². The molecule has 1 aromatic carbocycles. The van der Waals surface area contributed by atoms with Crippen molar-refractivity contribution in [1.82, 2.24) is 0 Å². The van der Waals surface area contributed by atoms with Crippen LogP contribution in [0.25, 0.3) is 0 Å². The average molecular weight is 391 g/mol. The lowest BCUT2D eigenvalue weighted by atomic mass is 9.47. The van der Waals surface area contributed by atoms with E-state index in [-0.39, 0.29) is 16.9 Å². The summed E-state index contributed by atoms with van der Waals surface area (Å²) in [7, 11) is 0. The normalized spacial score (nSPS) is 45.9. The van der Waals surface area contributed by atoms with Crippen LogP contribution in [0.2, 0.25) is 0 Å². The van der Waals surface area contributed by atoms with Gasteiger partial charge in [0, 0.05) is 11.0 Å².